The first kappa shape index (κ1) is 15.4. The lowest BCUT2D eigenvalue weighted by Gasteiger charge is -2.27. The third kappa shape index (κ3) is 3.99. The van der Waals surface area contributed by atoms with Gasteiger partial charge in [-0.05, 0) is 13.0 Å². The molecule has 0 aliphatic carbocycles. The maximum atomic E-state index is 12.1. The summed E-state index contributed by atoms with van der Waals surface area (Å²) in [6.45, 7) is 6.83. The van der Waals surface area contributed by atoms with Crippen LogP contribution in [0.15, 0.2) is 18.2 Å². The average Bonchev–Trinajstić information content (AvgIpc) is 2.48. The lowest BCUT2D eigenvalue weighted by Crippen LogP contribution is -2.46. The number of piperazine rings is 1. The van der Waals surface area contributed by atoms with Crippen LogP contribution in [-0.2, 0) is 0 Å². The molecule has 1 aromatic rings. The standard InChI is InChI=1S/C14H20N4O3/c1-11-12(3-2-4-13(11)18(20)21)14(19)16-7-10-17-8-5-15-6-9-17/h2-4,15H,5-10H2,1H3,(H,16,19). The molecule has 2 N–H and O–H groups in total. The van der Waals surface area contributed by atoms with E-state index in [0.29, 0.717) is 17.7 Å². The molecule has 1 saturated heterocycles. The Bertz CT molecular complexity index is 527. The van der Waals surface area contributed by atoms with Crippen LogP contribution >= 0.6 is 0 Å². The summed E-state index contributed by atoms with van der Waals surface area (Å²) in [5, 5.41) is 17.0. The van der Waals surface area contributed by atoms with E-state index < -0.39 is 4.92 Å². The minimum atomic E-state index is -0.465. The summed E-state index contributed by atoms with van der Waals surface area (Å²) in [5.74, 6) is -0.258. The molecule has 1 heterocycles. The molecule has 0 atom stereocenters. The molecule has 1 aliphatic heterocycles. The van der Waals surface area contributed by atoms with Crippen molar-refractivity contribution >= 4 is 11.6 Å². The zero-order chi connectivity index (χ0) is 15.2. The van der Waals surface area contributed by atoms with Gasteiger partial charge in [-0.1, -0.05) is 6.07 Å². The number of nitro benzene ring substituents is 1. The molecule has 0 spiro atoms. The van der Waals surface area contributed by atoms with Crippen molar-refractivity contribution in [3.63, 3.8) is 0 Å². The predicted molar refractivity (Wildman–Crippen MR) is 79.5 cm³/mol. The number of benzene rings is 1. The van der Waals surface area contributed by atoms with Crippen molar-refractivity contribution in [1.82, 2.24) is 15.5 Å². The van der Waals surface area contributed by atoms with E-state index in [1.54, 1.807) is 13.0 Å². The van der Waals surface area contributed by atoms with Gasteiger partial charge in [-0.15, -0.1) is 0 Å². The number of carbonyl (C=O) groups excluding carboxylic acids is 1. The van der Waals surface area contributed by atoms with Gasteiger partial charge in [-0.2, -0.15) is 0 Å². The SMILES string of the molecule is Cc1c(C(=O)NCCN2CCNCC2)cccc1[N+](=O)[O-]. The molecule has 1 amide bonds. The lowest BCUT2D eigenvalue weighted by molar-refractivity contribution is -0.385. The topological polar surface area (TPSA) is 87.5 Å². The minimum absolute atomic E-state index is 0.0234. The highest BCUT2D eigenvalue weighted by atomic mass is 16.6. The molecule has 2 rings (SSSR count). The van der Waals surface area contributed by atoms with Crippen molar-refractivity contribution in [3.05, 3.63) is 39.4 Å². The van der Waals surface area contributed by atoms with Crippen molar-refractivity contribution in [2.45, 2.75) is 6.92 Å². The molecule has 1 fully saturated rings. The fourth-order valence-corrected chi connectivity index (χ4v) is 2.42. The van der Waals surface area contributed by atoms with Gasteiger partial charge in [0.15, 0.2) is 0 Å². The first-order chi connectivity index (χ1) is 10.1. The summed E-state index contributed by atoms with van der Waals surface area (Å²) >= 11 is 0. The quantitative estimate of drug-likeness (QED) is 0.611. The smallest absolute Gasteiger partial charge is 0.273 e. The number of hydrogen-bond acceptors (Lipinski definition) is 5. The lowest BCUT2D eigenvalue weighted by atomic mass is 10.1. The van der Waals surface area contributed by atoms with Crippen molar-refractivity contribution < 1.29 is 9.72 Å². The van der Waals surface area contributed by atoms with Crippen LogP contribution in [0, 0.1) is 17.0 Å². The Morgan fingerprint density at radius 2 is 2.14 bits per heavy atom. The average molecular weight is 292 g/mol. The summed E-state index contributed by atoms with van der Waals surface area (Å²) < 4.78 is 0. The number of rotatable bonds is 5. The van der Waals surface area contributed by atoms with Gasteiger partial charge in [-0.25, -0.2) is 0 Å². The van der Waals surface area contributed by atoms with Gasteiger partial charge in [0, 0.05) is 56.5 Å². The highest BCUT2D eigenvalue weighted by Gasteiger charge is 2.18. The van der Waals surface area contributed by atoms with E-state index in [2.05, 4.69) is 15.5 Å². The van der Waals surface area contributed by atoms with E-state index in [-0.39, 0.29) is 11.6 Å². The molecule has 114 valence electrons. The van der Waals surface area contributed by atoms with Gasteiger partial charge in [0.05, 0.1) is 4.92 Å². The van der Waals surface area contributed by atoms with Crippen molar-refractivity contribution in [3.8, 4) is 0 Å². The maximum Gasteiger partial charge on any atom is 0.273 e. The third-order valence-electron chi connectivity index (χ3n) is 3.67. The minimum Gasteiger partial charge on any atom is -0.351 e. The first-order valence-corrected chi connectivity index (χ1v) is 7.05. The van der Waals surface area contributed by atoms with Gasteiger partial charge in [0.1, 0.15) is 0 Å². The Labute approximate surface area is 123 Å². The van der Waals surface area contributed by atoms with Crippen molar-refractivity contribution in [1.29, 1.82) is 0 Å². The Morgan fingerprint density at radius 1 is 1.43 bits per heavy atom. The highest BCUT2D eigenvalue weighted by molar-refractivity contribution is 5.96. The molecule has 0 saturated carbocycles. The second-order valence-corrected chi connectivity index (χ2v) is 5.05. The van der Waals surface area contributed by atoms with Crippen molar-refractivity contribution in [2.24, 2.45) is 0 Å². The summed E-state index contributed by atoms with van der Waals surface area (Å²) in [5.41, 5.74) is 0.747. The molecule has 0 aromatic heterocycles. The summed E-state index contributed by atoms with van der Waals surface area (Å²) in [7, 11) is 0. The first-order valence-electron chi connectivity index (χ1n) is 7.05. The maximum absolute atomic E-state index is 12.1. The number of amides is 1. The summed E-state index contributed by atoms with van der Waals surface area (Å²) in [4.78, 5) is 24.8. The Morgan fingerprint density at radius 3 is 2.81 bits per heavy atom. The summed E-state index contributed by atoms with van der Waals surface area (Å²) in [6, 6.07) is 4.56. The van der Waals surface area contributed by atoms with Crippen LogP contribution < -0.4 is 10.6 Å². The monoisotopic (exact) mass is 292 g/mol. The van der Waals surface area contributed by atoms with Gasteiger partial charge in [-0.3, -0.25) is 19.8 Å². The molecule has 21 heavy (non-hydrogen) atoms. The predicted octanol–water partition coefficient (Wildman–Crippen LogP) is 0.538. The molecule has 0 unspecified atom stereocenters. The van der Waals surface area contributed by atoms with Crippen LogP contribution in [0.1, 0.15) is 15.9 Å². The molecular formula is C14H20N4O3. The van der Waals surface area contributed by atoms with E-state index in [1.165, 1.54) is 12.1 Å². The summed E-state index contributed by atoms with van der Waals surface area (Å²) in [6.07, 6.45) is 0. The second-order valence-electron chi connectivity index (χ2n) is 5.05. The number of nitro groups is 1. The molecule has 7 heteroatoms. The molecule has 1 aromatic carbocycles. The number of nitrogens with one attached hydrogen (secondary N) is 2. The normalized spacial score (nSPS) is 15.7. The van der Waals surface area contributed by atoms with E-state index in [4.69, 9.17) is 0 Å². The number of carbonyl (C=O) groups is 1. The Balaban J connectivity index is 1.91. The van der Waals surface area contributed by atoms with Crippen LogP contribution in [0.25, 0.3) is 0 Å². The van der Waals surface area contributed by atoms with Crippen LogP contribution in [0.4, 0.5) is 5.69 Å². The van der Waals surface area contributed by atoms with Crippen LogP contribution in [-0.4, -0.2) is 55.0 Å². The van der Waals surface area contributed by atoms with E-state index >= 15 is 0 Å². The van der Waals surface area contributed by atoms with Crippen molar-refractivity contribution in [2.75, 3.05) is 39.3 Å². The van der Waals surface area contributed by atoms with Gasteiger partial charge < -0.3 is 10.6 Å². The zero-order valence-corrected chi connectivity index (χ0v) is 12.1. The van der Waals surface area contributed by atoms with E-state index in [0.717, 1.165) is 32.7 Å². The van der Waals surface area contributed by atoms with Crippen LogP contribution in [0.5, 0.6) is 0 Å². The third-order valence-corrected chi connectivity index (χ3v) is 3.67. The van der Waals surface area contributed by atoms with Crippen LogP contribution in [0.3, 0.4) is 0 Å². The highest BCUT2D eigenvalue weighted by Crippen LogP contribution is 2.20. The number of nitrogens with zero attached hydrogens (tertiary/aromatic N) is 2. The van der Waals surface area contributed by atoms with E-state index in [1.807, 2.05) is 0 Å². The zero-order valence-electron chi connectivity index (χ0n) is 12.1. The second kappa shape index (κ2) is 7.14. The van der Waals surface area contributed by atoms with Crippen LogP contribution in [0.2, 0.25) is 0 Å². The van der Waals surface area contributed by atoms with Gasteiger partial charge in [0.25, 0.3) is 11.6 Å². The molecule has 7 nitrogen and oxygen atoms in total. The fourth-order valence-electron chi connectivity index (χ4n) is 2.42. The fraction of sp³-hybridized carbons (Fsp3) is 0.500. The number of hydrogen-bond donors (Lipinski definition) is 2. The molecule has 0 radical (unpaired) electrons. The molecule has 1 aliphatic rings. The van der Waals surface area contributed by atoms with E-state index in [9.17, 15) is 14.9 Å². The molecule has 0 bridgehead atoms. The Kier molecular flexibility index (Phi) is 5.24. The van der Waals surface area contributed by atoms with Gasteiger partial charge in [0.2, 0.25) is 0 Å². The largest absolute Gasteiger partial charge is 0.351 e. The Hall–Kier alpha value is -1.99. The van der Waals surface area contributed by atoms with Gasteiger partial charge >= 0.3 is 0 Å². The molecular weight excluding hydrogens is 272 g/mol.